The third kappa shape index (κ3) is 4.09. The fourth-order valence-corrected chi connectivity index (χ4v) is 2.07. The maximum atomic E-state index is 5.16. The number of hydrogen-bond acceptors (Lipinski definition) is 4. The van der Waals surface area contributed by atoms with Crippen molar-refractivity contribution in [1.29, 1.82) is 0 Å². The molecule has 0 amide bonds. The standard InChI is InChI=1S/C15H21N3O/c1-3-4-5-6-12(2)17-14-9-7-13(8-10-14)15-18-16-11-19-15/h7-12,17H,3-6H2,1-2H3. The molecule has 1 aromatic carbocycles. The smallest absolute Gasteiger partial charge is 0.247 e. The van der Waals surface area contributed by atoms with Gasteiger partial charge < -0.3 is 9.73 Å². The predicted molar refractivity (Wildman–Crippen MR) is 77.0 cm³/mol. The molecule has 0 spiro atoms. The molecule has 1 unspecified atom stereocenters. The second kappa shape index (κ2) is 6.92. The predicted octanol–water partition coefficient (Wildman–Crippen LogP) is 4.12. The van der Waals surface area contributed by atoms with Crippen LogP contribution in [0, 0.1) is 0 Å². The first kappa shape index (κ1) is 13.6. The Morgan fingerprint density at radius 3 is 2.63 bits per heavy atom. The van der Waals surface area contributed by atoms with Gasteiger partial charge in [0.05, 0.1) is 0 Å². The maximum absolute atomic E-state index is 5.16. The third-order valence-corrected chi connectivity index (χ3v) is 3.15. The van der Waals surface area contributed by atoms with Crippen LogP contribution in [0.5, 0.6) is 0 Å². The molecule has 0 fully saturated rings. The van der Waals surface area contributed by atoms with Crippen LogP contribution in [0.15, 0.2) is 35.1 Å². The summed E-state index contributed by atoms with van der Waals surface area (Å²) in [7, 11) is 0. The number of benzene rings is 1. The number of nitrogens with one attached hydrogen (secondary N) is 1. The van der Waals surface area contributed by atoms with Crippen LogP contribution in [-0.2, 0) is 0 Å². The monoisotopic (exact) mass is 259 g/mol. The van der Waals surface area contributed by atoms with Gasteiger partial charge >= 0.3 is 0 Å². The zero-order chi connectivity index (χ0) is 13.5. The Labute approximate surface area is 114 Å². The Kier molecular flexibility index (Phi) is 4.95. The normalized spacial score (nSPS) is 12.3. The van der Waals surface area contributed by atoms with E-state index in [1.54, 1.807) is 0 Å². The SMILES string of the molecule is CCCCCC(C)Nc1ccc(-c2nnco2)cc1. The summed E-state index contributed by atoms with van der Waals surface area (Å²) >= 11 is 0. The lowest BCUT2D eigenvalue weighted by Gasteiger charge is -2.15. The van der Waals surface area contributed by atoms with E-state index in [1.807, 2.05) is 12.1 Å². The van der Waals surface area contributed by atoms with Gasteiger partial charge in [-0.05, 0) is 37.6 Å². The minimum Gasteiger partial charge on any atom is -0.423 e. The lowest BCUT2D eigenvalue weighted by Crippen LogP contribution is -2.14. The Balaban J connectivity index is 1.88. The van der Waals surface area contributed by atoms with Crippen LogP contribution in [0.1, 0.15) is 39.5 Å². The number of anilines is 1. The molecule has 102 valence electrons. The Bertz CT molecular complexity index is 465. The van der Waals surface area contributed by atoms with Gasteiger partial charge in [0.25, 0.3) is 0 Å². The lowest BCUT2D eigenvalue weighted by molar-refractivity contribution is 0.568. The highest BCUT2D eigenvalue weighted by Crippen LogP contribution is 2.19. The molecule has 0 bridgehead atoms. The van der Waals surface area contributed by atoms with Gasteiger partial charge in [0.2, 0.25) is 12.3 Å². The van der Waals surface area contributed by atoms with Crippen molar-refractivity contribution in [2.45, 2.75) is 45.6 Å². The van der Waals surface area contributed by atoms with Crippen molar-refractivity contribution in [3.05, 3.63) is 30.7 Å². The molecule has 0 aliphatic carbocycles. The summed E-state index contributed by atoms with van der Waals surface area (Å²) < 4.78 is 5.16. The maximum Gasteiger partial charge on any atom is 0.247 e. The molecule has 0 radical (unpaired) electrons. The zero-order valence-corrected chi connectivity index (χ0v) is 11.6. The van der Waals surface area contributed by atoms with E-state index in [4.69, 9.17) is 4.42 Å². The molecule has 0 saturated heterocycles. The fraction of sp³-hybridized carbons (Fsp3) is 0.467. The van der Waals surface area contributed by atoms with E-state index in [0.717, 1.165) is 11.3 Å². The van der Waals surface area contributed by atoms with Crippen molar-refractivity contribution in [3.63, 3.8) is 0 Å². The first-order valence-electron chi connectivity index (χ1n) is 6.92. The minimum atomic E-state index is 0.501. The molecule has 1 atom stereocenters. The molecule has 1 heterocycles. The Morgan fingerprint density at radius 2 is 2.00 bits per heavy atom. The topological polar surface area (TPSA) is 51.0 Å². The van der Waals surface area contributed by atoms with Crippen LogP contribution in [0.25, 0.3) is 11.5 Å². The van der Waals surface area contributed by atoms with Gasteiger partial charge in [-0.25, -0.2) is 0 Å². The van der Waals surface area contributed by atoms with Crippen LogP contribution in [0.3, 0.4) is 0 Å². The molecule has 4 nitrogen and oxygen atoms in total. The van der Waals surface area contributed by atoms with Gasteiger partial charge in [-0.2, -0.15) is 0 Å². The van der Waals surface area contributed by atoms with E-state index < -0.39 is 0 Å². The highest BCUT2D eigenvalue weighted by molar-refractivity contribution is 5.58. The molecule has 19 heavy (non-hydrogen) atoms. The summed E-state index contributed by atoms with van der Waals surface area (Å²) in [5.41, 5.74) is 2.08. The van der Waals surface area contributed by atoms with Crippen molar-refractivity contribution in [1.82, 2.24) is 10.2 Å². The van der Waals surface area contributed by atoms with Crippen LogP contribution < -0.4 is 5.32 Å². The molecular formula is C15H21N3O. The molecule has 4 heteroatoms. The van der Waals surface area contributed by atoms with E-state index in [1.165, 1.54) is 32.1 Å². The van der Waals surface area contributed by atoms with Crippen LogP contribution in [0.2, 0.25) is 0 Å². The van der Waals surface area contributed by atoms with E-state index in [2.05, 4.69) is 41.5 Å². The summed E-state index contributed by atoms with van der Waals surface area (Å²) in [6.07, 6.45) is 6.41. The van der Waals surface area contributed by atoms with Crippen LogP contribution in [0.4, 0.5) is 5.69 Å². The van der Waals surface area contributed by atoms with Crippen LogP contribution >= 0.6 is 0 Å². The summed E-state index contributed by atoms with van der Waals surface area (Å²) in [5.74, 6) is 0.558. The van der Waals surface area contributed by atoms with E-state index >= 15 is 0 Å². The van der Waals surface area contributed by atoms with Crippen molar-refractivity contribution in [3.8, 4) is 11.5 Å². The molecular weight excluding hydrogens is 238 g/mol. The molecule has 0 aliphatic rings. The largest absolute Gasteiger partial charge is 0.423 e. The highest BCUT2D eigenvalue weighted by atomic mass is 16.4. The second-order valence-electron chi connectivity index (χ2n) is 4.86. The van der Waals surface area contributed by atoms with Crippen molar-refractivity contribution in [2.24, 2.45) is 0 Å². The number of rotatable bonds is 7. The lowest BCUT2D eigenvalue weighted by atomic mass is 10.1. The average Bonchev–Trinajstić information content (AvgIpc) is 2.94. The van der Waals surface area contributed by atoms with Crippen molar-refractivity contribution >= 4 is 5.69 Å². The minimum absolute atomic E-state index is 0.501. The average molecular weight is 259 g/mol. The Morgan fingerprint density at radius 1 is 1.21 bits per heavy atom. The van der Waals surface area contributed by atoms with E-state index in [0.29, 0.717) is 11.9 Å². The van der Waals surface area contributed by atoms with Gasteiger partial charge in [0.15, 0.2) is 0 Å². The summed E-state index contributed by atoms with van der Waals surface area (Å²) in [5, 5.41) is 11.1. The van der Waals surface area contributed by atoms with Gasteiger partial charge in [-0.15, -0.1) is 10.2 Å². The van der Waals surface area contributed by atoms with Gasteiger partial charge in [0, 0.05) is 17.3 Å². The second-order valence-corrected chi connectivity index (χ2v) is 4.86. The van der Waals surface area contributed by atoms with Gasteiger partial charge in [-0.3, -0.25) is 0 Å². The van der Waals surface area contributed by atoms with Crippen LogP contribution in [-0.4, -0.2) is 16.2 Å². The van der Waals surface area contributed by atoms with Gasteiger partial charge in [-0.1, -0.05) is 26.2 Å². The van der Waals surface area contributed by atoms with Gasteiger partial charge in [0.1, 0.15) is 0 Å². The molecule has 2 rings (SSSR count). The summed E-state index contributed by atoms with van der Waals surface area (Å²) in [4.78, 5) is 0. The van der Waals surface area contributed by atoms with E-state index in [9.17, 15) is 0 Å². The number of aromatic nitrogens is 2. The number of hydrogen-bond donors (Lipinski definition) is 1. The first-order chi connectivity index (χ1) is 9.29. The number of unbranched alkanes of at least 4 members (excludes halogenated alkanes) is 2. The summed E-state index contributed by atoms with van der Waals surface area (Å²) in [6.45, 7) is 4.45. The fourth-order valence-electron chi connectivity index (χ4n) is 2.07. The molecule has 1 N–H and O–H groups in total. The highest BCUT2D eigenvalue weighted by Gasteiger charge is 2.05. The molecule has 0 saturated carbocycles. The third-order valence-electron chi connectivity index (χ3n) is 3.15. The quantitative estimate of drug-likeness (QED) is 0.760. The molecule has 1 aromatic heterocycles. The number of nitrogens with zero attached hydrogens (tertiary/aromatic N) is 2. The van der Waals surface area contributed by atoms with E-state index in [-0.39, 0.29) is 0 Å². The zero-order valence-electron chi connectivity index (χ0n) is 11.6. The van der Waals surface area contributed by atoms with Crippen molar-refractivity contribution < 1.29 is 4.42 Å². The van der Waals surface area contributed by atoms with Crippen molar-refractivity contribution in [2.75, 3.05) is 5.32 Å². The molecule has 0 aliphatic heterocycles. The Hall–Kier alpha value is -1.84. The first-order valence-corrected chi connectivity index (χ1v) is 6.92. The summed E-state index contributed by atoms with van der Waals surface area (Å²) in [6, 6.07) is 8.59. The molecule has 2 aromatic rings.